The van der Waals surface area contributed by atoms with Crippen LogP contribution in [0.5, 0.6) is 0 Å². The second kappa shape index (κ2) is 8.88. The molecule has 39 heavy (non-hydrogen) atoms. The molecule has 192 valence electrons. The van der Waals surface area contributed by atoms with Crippen molar-refractivity contribution < 1.29 is 13.9 Å². The van der Waals surface area contributed by atoms with Gasteiger partial charge in [-0.3, -0.25) is 4.79 Å². The van der Waals surface area contributed by atoms with Crippen molar-refractivity contribution in [3.8, 4) is 17.2 Å². The van der Waals surface area contributed by atoms with E-state index in [9.17, 15) is 14.4 Å². The van der Waals surface area contributed by atoms with Crippen LogP contribution in [0.1, 0.15) is 78.2 Å². The summed E-state index contributed by atoms with van der Waals surface area (Å²) in [6.07, 6.45) is -0.441. The number of benzene rings is 4. The largest absolute Gasteiger partial charge is 0.356 e. The van der Waals surface area contributed by atoms with Crippen molar-refractivity contribution >= 4 is 5.91 Å². The molecule has 7 rings (SSSR count). The minimum atomic E-state index is -0.282. The molecule has 0 spiro atoms. The molecular weight excluding hydrogens is 489 g/mol. The van der Waals surface area contributed by atoms with Crippen LogP contribution in [0.25, 0.3) is 11.1 Å². The zero-order valence-corrected chi connectivity index (χ0v) is 21.7. The molecule has 0 aliphatic carbocycles. The van der Waals surface area contributed by atoms with Crippen molar-refractivity contribution in [2.45, 2.75) is 45.7 Å². The zero-order valence-electron chi connectivity index (χ0n) is 21.7. The summed E-state index contributed by atoms with van der Waals surface area (Å²) in [6.45, 7) is 5.43. The maximum atomic E-state index is 14.8. The fourth-order valence-corrected chi connectivity index (χ4v) is 6.30. The molecule has 0 saturated carbocycles. The fraction of sp³-hybridized carbons (Fsp3) is 0.212. The van der Waals surface area contributed by atoms with Gasteiger partial charge in [0, 0.05) is 30.8 Å². The zero-order chi connectivity index (χ0) is 26.8. The van der Waals surface area contributed by atoms with Crippen LogP contribution in [0.3, 0.4) is 0 Å². The normalized spacial score (nSPS) is 17.9. The van der Waals surface area contributed by atoms with Crippen molar-refractivity contribution in [1.29, 1.82) is 5.26 Å². The number of nitrogens with one attached hydrogen (secondary N) is 2. The number of amides is 1. The number of halogens is 1. The highest BCUT2D eigenvalue weighted by molar-refractivity contribution is 5.94. The van der Waals surface area contributed by atoms with Crippen LogP contribution in [0.15, 0.2) is 60.7 Å². The number of carbonyl (C=O) groups excluding carboxylic acids is 1. The van der Waals surface area contributed by atoms with Gasteiger partial charge in [-0.25, -0.2) is 4.39 Å². The number of aryl methyl sites for hydroxylation is 1. The predicted molar refractivity (Wildman–Crippen MR) is 145 cm³/mol. The predicted octanol–water partition coefficient (Wildman–Crippen LogP) is 6.04. The third kappa shape index (κ3) is 3.69. The summed E-state index contributed by atoms with van der Waals surface area (Å²) in [7, 11) is 0. The number of rotatable bonds is 4. The van der Waals surface area contributed by atoms with E-state index < -0.39 is 0 Å². The van der Waals surface area contributed by atoms with Gasteiger partial charge in [0.2, 0.25) is 0 Å². The summed E-state index contributed by atoms with van der Waals surface area (Å²) in [5.74, 6) is -0.527. The van der Waals surface area contributed by atoms with Crippen LogP contribution >= 0.6 is 0 Å². The molecule has 0 aromatic heterocycles. The highest BCUT2D eigenvalue weighted by Crippen LogP contribution is 2.55. The molecular formula is C33H26FN3O2. The van der Waals surface area contributed by atoms with Gasteiger partial charge >= 0.3 is 0 Å². The van der Waals surface area contributed by atoms with Gasteiger partial charge in [-0.1, -0.05) is 30.3 Å². The Labute approximate surface area is 226 Å². The fourth-order valence-electron chi connectivity index (χ4n) is 6.30. The Morgan fingerprint density at radius 2 is 1.77 bits per heavy atom. The van der Waals surface area contributed by atoms with E-state index in [0.29, 0.717) is 23.2 Å². The topological polar surface area (TPSA) is 74.2 Å². The van der Waals surface area contributed by atoms with Crippen LogP contribution in [0.2, 0.25) is 0 Å². The maximum Gasteiger partial charge on any atom is 0.251 e. The molecule has 3 aliphatic heterocycles. The lowest BCUT2D eigenvalue weighted by Gasteiger charge is -2.18. The first-order valence-corrected chi connectivity index (χ1v) is 13.2. The van der Waals surface area contributed by atoms with Crippen LogP contribution in [-0.4, -0.2) is 5.91 Å². The van der Waals surface area contributed by atoms with Crippen molar-refractivity contribution in [2.75, 3.05) is 0 Å². The highest BCUT2D eigenvalue weighted by Gasteiger charge is 2.43. The number of hydrogen-bond acceptors (Lipinski definition) is 4. The third-order valence-corrected chi connectivity index (χ3v) is 8.37. The van der Waals surface area contributed by atoms with E-state index in [1.807, 2.05) is 56.3 Å². The number of ether oxygens (including phenoxy) is 1. The molecule has 0 radical (unpaired) electrons. The van der Waals surface area contributed by atoms with Crippen LogP contribution in [0.4, 0.5) is 4.39 Å². The standard InChI is InChI=1S/C33H26FN3O2/c1-17-3-6-23(21(9-17)13-35)19-4-7-24-26(10-19)32-27-11-20(5-8-25(27)31(24)39-32)33(38)37-16-29-18(2)28-15-36-14-22(28)12-30(29)34/h3-12,31-32,36H,14-16H2,1-2H3,(H,37,38). The second-order valence-corrected chi connectivity index (χ2v) is 10.6. The summed E-state index contributed by atoms with van der Waals surface area (Å²) in [5, 5.41) is 15.8. The molecule has 2 N–H and O–H groups in total. The molecule has 4 aromatic rings. The van der Waals surface area contributed by atoms with E-state index in [1.54, 1.807) is 6.07 Å². The van der Waals surface area contributed by atoms with Gasteiger partial charge in [0.05, 0.1) is 11.6 Å². The minimum Gasteiger partial charge on any atom is -0.356 e. The van der Waals surface area contributed by atoms with Gasteiger partial charge in [-0.2, -0.15) is 5.26 Å². The van der Waals surface area contributed by atoms with E-state index in [4.69, 9.17) is 4.74 Å². The number of nitriles is 1. The van der Waals surface area contributed by atoms with Crippen LogP contribution in [-0.2, 0) is 24.4 Å². The molecule has 3 aliphatic rings. The van der Waals surface area contributed by atoms with E-state index in [2.05, 4.69) is 28.8 Å². The number of hydrogen-bond donors (Lipinski definition) is 2. The minimum absolute atomic E-state index is 0.132. The Morgan fingerprint density at radius 3 is 2.59 bits per heavy atom. The molecule has 4 aromatic carbocycles. The van der Waals surface area contributed by atoms with Gasteiger partial charge in [-0.05, 0) is 99.8 Å². The Hall–Kier alpha value is -4.31. The van der Waals surface area contributed by atoms with Crippen LogP contribution < -0.4 is 10.6 Å². The van der Waals surface area contributed by atoms with E-state index >= 15 is 0 Å². The molecule has 3 heterocycles. The maximum absolute atomic E-state index is 14.8. The summed E-state index contributed by atoms with van der Waals surface area (Å²) < 4.78 is 21.2. The molecule has 0 saturated heterocycles. The molecule has 6 heteroatoms. The highest BCUT2D eigenvalue weighted by atomic mass is 19.1. The van der Waals surface area contributed by atoms with Gasteiger partial charge in [-0.15, -0.1) is 0 Å². The van der Waals surface area contributed by atoms with E-state index in [1.165, 1.54) is 0 Å². The number of fused-ring (bicyclic) bond motifs is 9. The summed E-state index contributed by atoms with van der Waals surface area (Å²) in [4.78, 5) is 13.1. The van der Waals surface area contributed by atoms with Gasteiger partial charge in [0.1, 0.15) is 18.0 Å². The number of carbonyl (C=O) groups is 1. The summed E-state index contributed by atoms with van der Waals surface area (Å²) in [5.41, 5.74) is 11.9. The summed E-state index contributed by atoms with van der Waals surface area (Å²) >= 11 is 0. The smallest absolute Gasteiger partial charge is 0.251 e. The lowest BCUT2D eigenvalue weighted by Crippen LogP contribution is -2.24. The monoisotopic (exact) mass is 515 g/mol. The average molecular weight is 516 g/mol. The quantitative estimate of drug-likeness (QED) is 0.348. The first-order valence-electron chi connectivity index (χ1n) is 13.2. The number of nitrogens with zero attached hydrogens (tertiary/aromatic N) is 1. The molecule has 2 unspecified atom stereocenters. The van der Waals surface area contributed by atoms with E-state index in [-0.39, 0.29) is 30.5 Å². The third-order valence-electron chi connectivity index (χ3n) is 8.37. The molecule has 0 fully saturated rings. The van der Waals surface area contributed by atoms with Crippen molar-refractivity contribution in [2.24, 2.45) is 0 Å². The average Bonchev–Trinajstić information content (AvgIpc) is 3.66. The first-order chi connectivity index (χ1) is 18.9. The first kappa shape index (κ1) is 23.8. The van der Waals surface area contributed by atoms with Gasteiger partial charge in [0.25, 0.3) is 5.91 Å². The van der Waals surface area contributed by atoms with Gasteiger partial charge < -0.3 is 15.4 Å². The Morgan fingerprint density at radius 1 is 1.00 bits per heavy atom. The van der Waals surface area contributed by atoms with Crippen molar-refractivity contribution in [1.82, 2.24) is 10.6 Å². The lowest BCUT2D eigenvalue weighted by atomic mass is 9.83. The molecule has 2 atom stereocenters. The summed E-state index contributed by atoms with van der Waals surface area (Å²) in [6, 6.07) is 21.7. The second-order valence-electron chi connectivity index (χ2n) is 10.6. The SMILES string of the molecule is Cc1ccc(-c2ccc3c(c2)C2OC3c3ccc(C(=O)NCc4c(F)cc5c(c4C)CNC5)cc32)c(C#N)c1. The Bertz CT molecular complexity index is 1750. The van der Waals surface area contributed by atoms with E-state index in [0.717, 1.165) is 62.2 Å². The molecule has 5 nitrogen and oxygen atoms in total. The van der Waals surface area contributed by atoms with Crippen molar-refractivity contribution in [3.63, 3.8) is 0 Å². The van der Waals surface area contributed by atoms with Crippen LogP contribution in [0, 0.1) is 31.0 Å². The molecule has 1 amide bonds. The Kier molecular flexibility index (Phi) is 5.41. The lowest BCUT2D eigenvalue weighted by molar-refractivity contribution is 0.0857. The van der Waals surface area contributed by atoms with Gasteiger partial charge in [0.15, 0.2) is 0 Å². The molecule has 2 bridgehead atoms. The van der Waals surface area contributed by atoms with Crippen molar-refractivity contribution in [3.05, 3.63) is 128 Å². The Balaban J connectivity index is 1.15.